The normalized spacial score (nSPS) is 36.8. The van der Waals surface area contributed by atoms with Gasteiger partial charge in [0.1, 0.15) is 0 Å². The third-order valence-electron chi connectivity index (χ3n) is 6.78. The van der Waals surface area contributed by atoms with Gasteiger partial charge in [0, 0.05) is 34.9 Å². The molecule has 136 valence electrons. The molecule has 3 aliphatic heterocycles. The number of hydrogen-bond donors (Lipinski definition) is 1. The van der Waals surface area contributed by atoms with Crippen LogP contribution < -0.4 is 10.2 Å². The molecule has 0 aromatic heterocycles. The van der Waals surface area contributed by atoms with Crippen LogP contribution in [0.15, 0.2) is 18.2 Å². The fourth-order valence-electron chi connectivity index (χ4n) is 5.37. The van der Waals surface area contributed by atoms with Gasteiger partial charge in [0.2, 0.25) is 5.91 Å². The van der Waals surface area contributed by atoms with E-state index < -0.39 is 0 Å². The molecule has 4 fully saturated rings. The summed E-state index contributed by atoms with van der Waals surface area (Å²) in [5, 5.41) is 13.8. The average Bonchev–Trinajstić information content (AvgIpc) is 2.93. The van der Waals surface area contributed by atoms with E-state index in [0.717, 1.165) is 37.9 Å². The van der Waals surface area contributed by atoms with Crippen molar-refractivity contribution >= 4 is 34.8 Å². The zero-order valence-electron chi connectivity index (χ0n) is 14.3. The number of piperidine rings is 1. The first-order valence-electron chi connectivity index (χ1n) is 9.20. The standard InChI is InChI=1S/C19H20Cl2N4O/c20-12-3-13(21)5-15(4-12)24-8-11-7-19(11,9-24)18(26)23-16-6-14-1-2-17(16)25(14)10-22/h3-5,11,14,16-17H,1-2,6-9H2,(H,23,26)/t11?,14-,16+,17+,19?/m0/s1. The van der Waals surface area contributed by atoms with Crippen LogP contribution in [-0.2, 0) is 4.79 Å². The van der Waals surface area contributed by atoms with Crippen LogP contribution in [-0.4, -0.2) is 42.0 Å². The van der Waals surface area contributed by atoms with Crippen LogP contribution in [0.25, 0.3) is 0 Å². The minimum Gasteiger partial charge on any atom is -0.370 e. The molecular formula is C19H20Cl2N4O. The number of hydrogen-bond acceptors (Lipinski definition) is 4. The summed E-state index contributed by atoms with van der Waals surface area (Å²) in [6, 6.07) is 6.16. The lowest BCUT2D eigenvalue weighted by Gasteiger charge is -2.26. The van der Waals surface area contributed by atoms with Crippen molar-refractivity contribution in [2.24, 2.45) is 11.3 Å². The van der Waals surface area contributed by atoms with Crippen molar-refractivity contribution < 1.29 is 4.79 Å². The van der Waals surface area contributed by atoms with E-state index in [1.807, 2.05) is 17.0 Å². The molecule has 3 heterocycles. The number of rotatable bonds is 3. The lowest BCUT2D eigenvalue weighted by atomic mass is 9.94. The Balaban J connectivity index is 1.28. The van der Waals surface area contributed by atoms with Crippen molar-refractivity contribution in [1.29, 1.82) is 5.26 Å². The van der Waals surface area contributed by atoms with Gasteiger partial charge in [0.05, 0.1) is 17.5 Å². The highest BCUT2D eigenvalue weighted by atomic mass is 35.5. The second kappa shape index (κ2) is 5.68. The highest BCUT2D eigenvalue weighted by Gasteiger charge is 2.65. The van der Waals surface area contributed by atoms with E-state index in [1.165, 1.54) is 0 Å². The molecular weight excluding hydrogens is 371 g/mol. The Morgan fingerprint density at radius 1 is 1.27 bits per heavy atom. The van der Waals surface area contributed by atoms with Crippen LogP contribution in [0.3, 0.4) is 0 Å². The molecule has 1 aromatic rings. The zero-order chi connectivity index (χ0) is 18.1. The Labute approximate surface area is 162 Å². The minimum absolute atomic E-state index is 0.117. The van der Waals surface area contributed by atoms with Gasteiger partial charge in [-0.3, -0.25) is 4.79 Å². The van der Waals surface area contributed by atoms with E-state index in [0.29, 0.717) is 28.5 Å². The Bertz CT molecular complexity index is 804. The molecule has 1 amide bonds. The van der Waals surface area contributed by atoms with Gasteiger partial charge in [-0.25, -0.2) is 0 Å². The monoisotopic (exact) mass is 390 g/mol. The highest BCUT2D eigenvalue weighted by Crippen LogP contribution is 2.59. The molecule has 0 spiro atoms. The summed E-state index contributed by atoms with van der Waals surface area (Å²) >= 11 is 12.3. The maximum Gasteiger partial charge on any atom is 0.228 e. The summed E-state index contributed by atoms with van der Waals surface area (Å²) < 4.78 is 0. The summed E-state index contributed by atoms with van der Waals surface area (Å²) in [4.78, 5) is 17.2. The van der Waals surface area contributed by atoms with Gasteiger partial charge in [-0.1, -0.05) is 23.2 Å². The summed E-state index contributed by atoms with van der Waals surface area (Å²) in [5.41, 5.74) is 0.700. The molecule has 1 N–H and O–H groups in total. The first-order chi connectivity index (χ1) is 12.5. The number of nitrogens with one attached hydrogen (secondary N) is 1. The number of benzene rings is 1. The van der Waals surface area contributed by atoms with E-state index in [2.05, 4.69) is 16.4 Å². The largest absolute Gasteiger partial charge is 0.370 e. The van der Waals surface area contributed by atoms with Gasteiger partial charge in [0.15, 0.2) is 6.19 Å². The molecule has 7 heteroatoms. The number of amides is 1. The number of carbonyl (C=O) groups excluding carboxylic acids is 1. The molecule has 1 aliphatic carbocycles. The second-order valence-corrected chi connectivity index (χ2v) is 9.06. The third kappa shape index (κ3) is 2.39. The van der Waals surface area contributed by atoms with Crippen LogP contribution in [0.2, 0.25) is 10.0 Å². The van der Waals surface area contributed by atoms with Crippen molar-refractivity contribution in [3.05, 3.63) is 28.2 Å². The number of halogens is 2. The molecule has 1 aromatic carbocycles. The molecule has 5 rings (SSSR count). The zero-order valence-corrected chi connectivity index (χ0v) is 15.8. The van der Waals surface area contributed by atoms with E-state index in [4.69, 9.17) is 23.2 Å². The number of carbonyl (C=O) groups is 1. The Morgan fingerprint density at radius 2 is 2.04 bits per heavy atom. The topological polar surface area (TPSA) is 59.4 Å². The van der Waals surface area contributed by atoms with Crippen LogP contribution in [0.5, 0.6) is 0 Å². The maximum absolute atomic E-state index is 13.1. The lowest BCUT2D eigenvalue weighted by Crippen LogP contribution is -2.47. The third-order valence-corrected chi connectivity index (χ3v) is 7.22. The Morgan fingerprint density at radius 3 is 2.73 bits per heavy atom. The molecule has 1 saturated carbocycles. The van der Waals surface area contributed by atoms with Crippen molar-refractivity contribution in [1.82, 2.24) is 10.2 Å². The molecule has 5 nitrogen and oxygen atoms in total. The van der Waals surface area contributed by atoms with Crippen LogP contribution >= 0.6 is 23.2 Å². The van der Waals surface area contributed by atoms with Crippen LogP contribution in [0, 0.1) is 22.8 Å². The Hall–Kier alpha value is -1.64. The number of nitrogens with zero attached hydrogens (tertiary/aromatic N) is 3. The number of anilines is 1. The maximum atomic E-state index is 13.1. The van der Waals surface area contributed by atoms with E-state index >= 15 is 0 Å². The van der Waals surface area contributed by atoms with E-state index in [-0.39, 0.29) is 23.4 Å². The van der Waals surface area contributed by atoms with E-state index in [9.17, 15) is 10.1 Å². The summed E-state index contributed by atoms with van der Waals surface area (Å²) in [7, 11) is 0. The summed E-state index contributed by atoms with van der Waals surface area (Å²) in [6.07, 6.45) is 6.24. The number of nitriles is 1. The summed E-state index contributed by atoms with van der Waals surface area (Å²) in [5.74, 6) is 0.555. The molecule has 4 aliphatic rings. The molecule has 3 saturated heterocycles. The van der Waals surface area contributed by atoms with Crippen molar-refractivity contribution in [2.75, 3.05) is 18.0 Å². The molecule has 26 heavy (non-hydrogen) atoms. The molecule has 2 bridgehead atoms. The van der Waals surface area contributed by atoms with Gasteiger partial charge in [-0.2, -0.15) is 5.26 Å². The minimum atomic E-state index is -0.284. The fourth-order valence-corrected chi connectivity index (χ4v) is 5.88. The molecule has 0 radical (unpaired) electrons. The van der Waals surface area contributed by atoms with Gasteiger partial charge >= 0.3 is 0 Å². The SMILES string of the molecule is N#CN1[C@H]2CC[C@@H]1[C@H](NC(=O)C13CC1CN(c1cc(Cl)cc(Cl)c1)C3)C2. The molecule has 2 unspecified atom stereocenters. The first-order valence-corrected chi connectivity index (χ1v) is 9.96. The predicted molar refractivity (Wildman–Crippen MR) is 100 cm³/mol. The smallest absolute Gasteiger partial charge is 0.228 e. The average molecular weight is 391 g/mol. The Kier molecular flexibility index (Phi) is 3.61. The van der Waals surface area contributed by atoms with Crippen molar-refractivity contribution in [3.63, 3.8) is 0 Å². The van der Waals surface area contributed by atoms with Gasteiger partial charge in [0.25, 0.3) is 0 Å². The molecule has 5 atom stereocenters. The second-order valence-electron chi connectivity index (χ2n) is 8.19. The van der Waals surface area contributed by atoms with Crippen molar-refractivity contribution in [2.45, 2.75) is 43.8 Å². The summed E-state index contributed by atoms with van der Waals surface area (Å²) in [6.45, 7) is 1.58. The lowest BCUT2D eigenvalue weighted by molar-refractivity contribution is -0.127. The van der Waals surface area contributed by atoms with Gasteiger partial charge in [-0.15, -0.1) is 0 Å². The number of fused-ring (bicyclic) bond motifs is 3. The van der Waals surface area contributed by atoms with Gasteiger partial charge in [-0.05, 0) is 49.8 Å². The van der Waals surface area contributed by atoms with Crippen LogP contribution in [0.1, 0.15) is 25.7 Å². The van der Waals surface area contributed by atoms with E-state index in [1.54, 1.807) is 6.07 Å². The quantitative estimate of drug-likeness (QED) is 0.805. The van der Waals surface area contributed by atoms with Crippen LogP contribution in [0.4, 0.5) is 5.69 Å². The predicted octanol–water partition coefficient (Wildman–Crippen LogP) is 3.02. The van der Waals surface area contributed by atoms with Crippen molar-refractivity contribution in [3.8, 4) is 6.19 Å². The van der Waals surface area contributed by atoms with Gasteiger partial charge < -0.3 is 15.1 Å². The first kappa shape index (κ1) is 16.5. The fraction of sp³-hybridized carbons (Fsp3) is 0.579. The highest BCUT2D eigenvalue weighted by molar-refractivity contribution is 6.35.